The first-order valence-electron chi connectivity index (χ1n) is 7.05. The SMILES string of the molecule is OCCOCCN1CCC(N2CCCCC2)C1. The molecule has 0 radical (unpaired) electrons. The molecule has 0 aromatic rings. The van der Waals surface area contributed by atoms with Crippen molar-refractivity contribution in [2.75, 3.05) is 52.5 Å². The molecule has 2 aliphatic rings. The predicted octanol–water partition coefficient (Wildman–Crippen LogP) is 0.556. The highest BCUT2D eigenvalue weighted by Crippen LogP contribution is 2.19. The minimum absolute atomic E-state index is 0.135. The lowest BCUT2D eigenvalue weighted by Gasteiger charge is -2.32. The summed E-state index contributed by atoms with van der Waals surface area (Å²) < 4.78 is 5.32. The average molecular weight is 242 g/mol. The first-order chi connectivity index (χ1) is 8.40. The van der Waals surface area contributed by atoms with Crippen molar-refractivity contribution in [1.29, 1.82) is 0 Å². The van der Waals surface area contributed by atoms with Gasteiger partial charge in [0.05, 0.1) is 19.8 Å². The van der Waals surface area contributed by atoms with Gasteiger partial charge in [0.1, 0.15) is 0 Å². The molecular formula is C13H26N2O2. The predicted molar refractivity (Wildman–Crippen MR) is 68.2 cm³/mol. The van der Waals surface area contributed by atoms with E-state index in [0.29, 0.717) is 6.61 Å². The Bertz CT molecular complexity index is 208. The average Bonchev–Trinajstić information content (AvgIpc) is 2.85. The Labute approximate surface area is 105 Å². The molecule has 2 fully saturated rings. The molecule has 2 heterocycles. The van der Waals surface area contributed by atoms with Crippen LogP contribution in [-0.4, -0.2) is 73.5 Å². The van der Waals surface area contributed by atoms with Crippen molar-refractivity contribution in [3.63, 3.8) is 0 Å². The zero-order chi connectivity index (χ0) is 11.9. The van der Waals surface area contributed by atoms with Gasteiger partial charge in [0.25, 0.3) is 0 Å². The van der Waals surface area contributed by atoms with Crippen LogP contribution in [0.25, 0.3) is 0 Å². The number of ether oxygens (including phenoxy) is 1. The molecule has 0 spiro atoms. The first-order valence-corrected chi connectivity index (χ1v) is 7.05. The van der Waals surface area contributed by atoms with Gasteiger partial charge < -0.3 is 9.84 Å². The molecule has 2 rings (SSSR count). The smallest absolute Gasteiger partial charge is 0.0698 e. The molecule has 0 saturated carbocycles. The highest BCUT2D eigenvalue weighted by Gasteiger charge is 2.27. The molecule has 0 aliphatic carbocycles. The van der Waals surface area contributed by atoms with Gasteiger partial charge in [-0.25, -0.2) is 0 Å². The van der Waals surface area contributed by atoms with Gasteiger partial charge in [0.2, 0.25) is 0 Å². The second kappa shape index (κ2) is 7.31. The number of nitrogens with zero attached hydrogens (tertiary/aromatic N) is 2. The van der Waals surface area contributed by atoms with Gasteiger partial charge in [-0.2, -0.15) is 0 Å². The Morgan fingerprint density at radius 3 is 2.65 bits per heavy atom. The summed E-state index contributed by atoms with van der Waals surface area (Å²) >= 11 is 0. The lowest BCUT2D eigenvalue weighted by molar-refractivity contribution is 0.0756. The summed E-state index contributed by atoms with van der Waals surface area (Å²) in [4.78, 5) is 5.18. The van der Waals surface area contributed by atoms with Gasteiger partial charge in [-0.05, 0) is 38.9 Å². The Hall–Kier alpha value is -0.160. The van der Waals surface area contributed by atoms with Gasteiger partial charge in [0, 0.05) is 19.1 Å². The molecule has 100 valence electrons. The van der Waals surface area contributed by atoms with Gasteiger partial charge >= 0.3 is 0 Å². The van der Waals surface area contributed by atoms with Crippen LogP contribution in [0.2, 0.25) is 0 Å². The highest BCUT2D eigenvalue weighted by atomic mass is 16.5. The Balaban J connectivity index is 1.61. The second-order valence-corrected chi connectivity index (χ2v) is 5.18. The molecule has 2 saturated heterocycles. The summed E-state index contributed by atoms with van der Waals surface area (Å²) in [7, 11) is 0. The monoisotopic (exact) mass is 242 g/mol. The standard InChI is InChI=1S/C13H26N2O2/c16-9-11-17-10-8-14-7-4-13(12-14)15-5-2-1-3-6-15/h13,16H,1-12H2. The third-order valence-electron chi connectivity index (χ3n) is 3.94. The summed E-state index contributed by atoms with van der Waals surface area (Å²) in [6.07, 6.45) is 5.51. The number of hydrogen-bond acceptors (Lipinski definition) is 4. The molecule has 0 aromatic carbocycles. The zero-order valence-electron chi connectivity index (χ0n) is 10.8. The van der Waals surface area contributed by atoms with E-state index >= 15 is 0 Å². The lowest BCUT2D eigenvalue weighted by Crippen LogP contribution is -2.41. The fourth-order valence-electron chi connectivity index (χ4n) is 2.96. The number of aliphatic hydroxyl groups excluding tert-OH is 1. The fourth-order valence-corrected chi connectivity index (χ4v) is 2.96. The van der Waals surface area contributed by atoms with Crippen LogP contribution in [-0.2, 0) is 4.74 Å². The number of piperidine rings is 1. The summed E-state index contributed by atoms with van der Waals surface area (Å²) in [5.41, 5.74) is 0. The lowest BCUT2D eigenvalue weighted by atomic mass is 10.1. The number of aliphatic hydroxyl groups is 1. The molecule has 2 aliphatic heterocycles. The molecule has 4 heteroatoms. The normalized spacial score (nSPS) is 27.7. The van der Waals surface area contributed by atoms with E-state index in [0.717, 1.165) is 19.2 Å². The van der Waals surface area contributed by atoms with Crippen molar-refractivity contribution in [1.82, 2.24) is 9.80 Å². The Morgan fingerprint density at radius 1 is 1.06 bits per heavy atom. The van der Waals surface area contributed by atoms with Crippen LogP contribution in [0.15, 0.2) is 0 Å². The van der Waals surface area contributed by atoms with Crippen LogP contribution >= 0.6 is 0 Å². The van der Waals surface area contributed by atoms with Crippen LogP contribution in [0.4, 0.5) is 0 Å². The highest BCUT2D eigenvalue weighted by molar-refractivity contribution is 4.84. The molecule has 1 unspecified atom stereocenters. The van der Waals surface area contributed by atoms with E-state index in [4.69, 9.17) is 9.84 Å². The van der Waals surface area contributed by atoms with E-state index in [1.54, 1.807) is 0 Å². The molecule has 0 bridgehead atoms. The maximum absolute atomic E-state index is 8.63. The summed E-state index contributed by atoms with van der Waals surface area (Å²) in [5, 5.41) is 8.63. The van der Waals surface area contributed by atoms with Crippen molar-refractivity contribution >= 4 is 0 Å². The van der Waals surface area contributed by atoms with E-state index in [-0.39, 0.29) is 6.61 Å². The number of hydrogen-bond donors (Lipinski definition) is 1. The van der Waals surface area contributed by atoms with E-state index in [1.807, 2.05) is 0 Å². The topological polar surface area (TPSA) is 35.9 Å². The number of likely N-dealkylation sites (tertiary alicyclic amines) is 2. The molecule has 0 aromatic heterocycles. The van der Waals surface area contributed by atoms with Gasteiger partial charge in [-0.3, -0.25) is 9.80 Å². The molecule has 1 atom stereocenters. The quantitative estimate of drug-likeness (QED) is 0.690. The van der Waals surface area contributed by atoms with E-state index < -0.39 is 0 Å². The van der Waals surface area contributed by atoms with Crippen molar-refractivity contribution < 1.29 is 9.84 Å². The van der Waals surface area contributed by atoms with Crippen molar-refractivity contribution in [3.05, 3.63) is 0 Å². The third kappa shape index (κ3) is 4.21. The Morgan fingerprint density at radius 2 is 1.88 bits per heavy atom. The van der Waals surface area contributed by atoms with Crippen LogP contribution in [0.3, 0.4) is 0 Å². The summed E-state index contributed by atoms with van der Waals surface area (Å²) in [5.74, 6) is 0. The van der Waals surface area contributed by atoms with Gasteiger partial charge in [-0.15, -0.1) is 0 Å². The maximum atomic E-state index is 8.63. The molecule has 17 heavy (non-hydrogen) atoms. The maximum Gasteiger partial charge on any atom is 0.0698 e. The van der Waals surface area contributed by atoms with Gasteiger partial charge in [-0.1, -0.05) is 6.42 Å². The zero-order valence-corrected chi connectivity index (χ0v) is 10.8. The van der Waals surface area contributed by atoms with Crippen molar-refractivity contribution in [2.24, 2.45) is 0 Å². The molecule has 1 N–H and O–H groups in total. The minimum Gasteiger partial charge on any atom is -0.394 e. The van der Waals surface area contributed by atoms with Crippen molar-refractivity contribution in [3.8, 4) is 0 Å². The van der Waals surface area contributed by atoms with Crippen LogP contribution in [0.1, 0.15) is 25.7 Å². The minimum atomic E-state index is 0.135. The Kier molecular flexibility index (Phi) is 5.71. The van der Waals surface area contributed by atoms with E-state index in [1.165, 1.54) is 51.9 Å². The van der Waals surface area contributed by atoms with Crippen LogP contribution in [0, 0.1) is 0 Å². The largest absolute Gasteiger partial charge is 0.394 e. The summed E-state index contributed by atoms with van der Waals surface area (Å²) in [6.45, 7) is 7.42. The molecule has 0 amide bonds. The molecule has 4 nitrogen and oxygen atoms in total. The summed E-state index contributed by atoms with van der Waals surface area (Å²) in [6, 6.07) is 0.785. The van der Waals surface area contributed by atoms with Gasteiger partial charge in [0.15, 0.2) is 0 Å². The van der Waals surface area contributed by atoms with Crippen molar-refractivity contribution in [2.45, 2.75) is 31.7 Å². The second-order valence-electron chi connectivity index (χ2n) is 5.18. The molecular weight excluding hydrogens is 216 g/mol. The van der Waals surface area contributed by atoms with Crippen LogP contribution < -0.4 is 0 Å². The van der Waals surface area contributed by atoms with E-state index in [2.05, 4.69) is 9.80 Å². The number of rotatable bonds is 6. The first kappa shape index (κ1) is 13.3. The fraction of sp³-hybridized carbons (Fsp3) is 1.00. The third-order valence-corrected chi connectivity index (χ3v) is 3.94. The van der Waals surface area contributed by atoms with Crippen LogP contribution in [0.5, 0.6) is 0 Å². The van der Waals surface area contributed by atoms with E-state index in [9.17, 15) is 0 Å².